The van der Waals surface area contributed by atoms with E-state index in [4.69, 9.17) is 9.47 Å². The lowest BCUT2D eigenvalue weighted by Crippen LogP contribution is -2.67. The summed E-state index contributed by atoms with van der Waals surface area (Å²) in [5.74, 6) is -1.02. The number of rotatable bonds is 4. The zero-order valence-electron chi connectivity index (χ0n) is 18.2. The zero-order valence-corrected chi connectivity index (χ0v) is 18.2. The van der Waals surface area contributed by atoms with E-state index in [1.165, 1.54) is 0 Å². The molecule has 7 N–H and O–H groups in total. The summed E-state index contributed by atoms with van der Waals surface area (Å²) in [5.41, 5.74) is -3.06. The first-order valence-corrected chi connectivity index (χ1v) is 10.8. The first kappa shape index (κ1) is 24.3. The number of ether oxygens (including phenoxy) is 2. The minimum Gasteiger partial charge on any atom is -0.394 e. The Bertz CT molecular complexity index is 604. The standard InChI is InChI=1S/C21H38O9/c1-19(2,27)10-5-7-20(3)12(23)6-8-21(4,28)17(20)16(10)30-18-15(26)14(25)13(24)11(9-22)29-18/h10-18,22-28H,5-9H2,1-4H3/t10?,11-,12-,13-,14+,15-,16-,17-,18+,20+,21-/m1/s1. The highest BCUT2D eigenvalue weighted by molar-refractivity contribution is 5.11. The van der Waals surface area contributed by atoms with Gasteiger partial charge in [0.05, 0.1) is 30.0 Å². The van der Waals surface area contributed by atoms with Crippen LogP contribution in [0.25, 0.3) is 0 Å². The highest BCUT2D eigenvalue weighted by Gasteiger charge is 2.62. The fourth-order valence-corrected chi connectivity index (χ4v) is 6.01. The quantitative estimate of drug-likeness (QED) is 0.291. The van der Waals surface area contributed by atoms with Crippen molar-refractivity contribution in [1.29, 1.82) is 0 Å². The van der Waals surface area contributed by atoms with Crippen LogP contribution in [0.1, 0.15) is 53.4 Å². The number of aliphatic hydroxyl groups excluding tert-OH is 5. The van der Waals surface area contributed by atoms with Crippen LogP contribution >= 0.6 is 0 Å². The third-order valence-corrected chi connectivity index (χ3v) is 7.83. The monoisotopic (exact) mass is 434 g/mol. The Morgan fingerprint density at radius 3 is 2.20 bits per heavy atom. The van der Waals surface area contributed by atoms with Gasteiger partial charge in [0, 0.05) is 17.3 Å². The summed E-state index contributed by atoms with van der Waals surface area (Å²) in [6, 6.07) is 0. The van der Waals surface area contributed by atoms with Crippen molar-refractivity contribution in [2.45, 2.75) is 107 Å². The molecule has 3 aliphatic rings. The molecular weight excluding hydrogens is 396 g/mol. The molecule has 0 aromatic heterocycles. The SMILES string of the molecule is CC(C)(O)C1CC[C@@]2(C)[C@H](O)CC[C@@](C)(O)[C@@H]2[C@@H]1O[C@@H]1O[C@H](CO)[C@@H](O)[C@H](O)[C@H]1O. The molecule has 11 atom stereocenters. The van der Waals surface area contributed by atoms with Crippen LogP contribution in [-0.2, 0) is 9.47 Å². The second-order valence-corrected chi connectivity index (χ2v) is 10.5. The third-order valence-electron chi connectivity index (χ3n) is 7.83. The molecule has 0 spiro atoms. The van der Waals surface area contributed by atoms with Crippen LogP contribution in [0, 0.1) is 17.3 Å². The van der Waals surface area contributed by atoms with Gasteiger partial charge in [-0.15, -0.1) is 0 Å². The van der Waals surface area contributed by atoms with Gasteiger partial charge in [-0.2, -0.15) is 0 Å². The lowest BCUT2D eigenvalue weighted by Gasteiger charge is -2.61. The minimum absolute atomic E-state index is 0.349. The smallest absolute Gasteiger partial charge is 0.186 e. The van der Waals surface area contributed by atoms with Gasteiger partial charge in [0.25, 0.3) is 0 Å². The van der Waals surface area contributed by atoms with E-state index in [0.717, 1.165) is 0 Å². The highest BCUT2D eigenvalue weighted by Crippen LogP contribution is 2.58. The van der Waals surface area contributed by atoms with Crippen LogP contribution in [0.3, 0.4) is 0 Å². The van der Waals surface area contributed by atoms with E-state index in [0.29, 0.717) is 25.7 Å². The molecule has 3 rings (SSSR count). The molecule has 0 aromatic rings. The van der Waals surface area contributed by atoms with E-state index in [2.05, 4.69) is 0 Å². The molecule has 1 aliphatic heterocycles. The molecule has 1 heterocycles. The molecule has 9 heteroatoms. The maximum absolute atomic E-state index is 11.3. The Morgan fingerprint density at radius 1 is 1.00 bits per heavy atom. The Hall–Kier alpha value is -0.360. The maximum atomic E-state index is 11.3. The molecule has 3 fully saturated rings. The second-order valence-electron chi connectivity index (χ2n) is 10.5. The van der Waals surface area contributed by atoms with Gasteiger partial charge in [-0.05, 0) is 46.5 Å². The van der Waals surface area contributed by atoms with Crippen molar-refractivity contribution in [2.75, 3.05) is 6.61 Å². The molecule has 0 bridgehead atoms. The fraction of sp³-hybridized carbons (Fsp3) is 1.00. The predicted molar refractivity (Wildman–Crippen MR) is 105 cm³/mol. The molecule has 176 valence electrons. The maximum Gasteiger partial charge on any atom is 0.186 e. The van der Waals surface area contributed by atoms with E-state index in [1.807, 2.05) is 6.92 Å². The molecule has 2 saturated carbocycles. The number of aliphatic hydroxyl groups is 7. The first-order chi connectivity index (χ1) is 13.7. The van der Waals surface area contributed by atoms with Crippen molar-refractivity contribution >= 4 is 0 Å². The van der Waals surface area contributed by atoms with Crippen LogP contribution in [-0.4, -0.2) is 96.5 Å². The van der Waals surface area contributed by atoms with Gasteiger partial charge in [-0.3, -0.25) is 0 Å². The zero-order chi connectivity index (χ0) is 22.6. The van der Waals surface area contributed by atoms with E-state index >= 15 is 0 Å². The van der Waals surface area contributed by atoms with Crippen molar-refractivity contribution in [1.82, 2.24) is 0 Å². The minimum atomic E-state index is -1.59. The van der Waals surface area contributed by atoms with Crippen LogP contribution in [0.15, 0.2) is 0 Å². The average molecular weight is 435 g/mol. The fourth-order valence-electron chi connectivity index (χ4n) is 6.01. The first-order valence-electron chi connectivity index (χ1n) is 10.8. The highest BCUT2D eigenvalue weighted by atomic mass is 16.7. The van der Waals surface area contributed by atoms with Crippen molar-refractivity contribution in [3.63, 3.8) is 0 Å². The lowest BCUT2D eigenvalue weighted by atomic mass is 9.50. The van der Waals surface area contributed by atoms with Gasteiger partial charge >= 0.3 is 0 Å². The van der Waals surface area contributed by atoms with Crippen LogP contribution in [0.5, 0.6) is 0 Å². The molecule has 1 saturated heterocycles. The Balaban J connectivity index is 1.98. The summed E-state index contributed by atoms with van der Waals surface area (Å²) in [5, 5.41) is 73.1. The summed E-state index contributed by atoms with van der Waals surface area (Å²) in [7, 11) is 0. The summed E-state index contributed by atoms with van der Waals surface area (Å²) in [4.78, 5) is 0. The van der Waals surface area contributed by atoms with Gasteiger partial charge in [0.2, 0.25) is 0 Å². The Labute approximate surface area is 177 Å². The third kappa shape index (κ3) is 4.04. The van der Waals surface area contributed by atoms with Crippen molar-refractivity contribution < 1.29 is 45.2 Å². The van der Waals surface area contributed by atoms with Crippen LogP contribution in [0.4, 0.5) is 0 Å². The molecule has 2 aliphatic carbocycles. The van der Waals surface area contributed by atoms with Gasteiger partial charge < -0.3 is 45.2 Å². The van der Waals surface area contributed by atoms with E-state index < -0.39 is 78.0 Å². The Kier molecular flexibility index (Phi) is 6.64. The van der Waals surface area contributed by atoms with Crippen LogP contribution < -0.4 is 0 Å². The van der Waals surface area contributed by atoms with Gasteiger partial charge in [-0.25, -0.2) is 0 Å². The van der Waals surface area contributed by atoms with Crippen molar-refractivity contribution in [3.8, 4) is 0 Å². The molecule has 9 nitrogen and oxygen atoms in total. The van der Waals surface area contributed by atoms with Gasteiger partial charge in [-0.1, -0.05) is 6.92 Å². The molecule has 0 amide bonds. The summed E-state index contributed by atoms with van der Waals surface area (Å²) in [6.45, 7) is 6.32. The molecule has 0 radical (unpaired) electrons. The van der Waals surface area contributed by atoms with E-state index in [1.54, 1.807) is 20.8 Å². The van der Waals surface area contributed by atoms with Crippen molar-refractivity contribution in [2.24, 2.45) is 17.3 Å². The van der Waals surface area contributed by atoms with Crippen molar-refractivity contribution in [3.05, 3.63) is 0 Å². The normalized spacial score (nSPS) is 52.7. The van der Waals surface area contributed by atoms with E-state index in [9.17, 15) is 35.7 Å². The lowest BCUT2D eigenvalue weighted by molar-refractivity contribution is -0.342. The predicted octanol–water partition coefficient (Wildman–Crippen LogP) is -1.12. The topological polar surface area (TPSA) is 160 Å². The second kappa shape index (κ2) is 8.20. The van der Waals surface area contributed by atoms with E-state index in [-0.39, 0.29) is 0 Å². The molecule has 1 unspecified atom stereocenters. The number of fused-ring (bicyclic) bond motifs is 1. The molecule has 30 heavy (non-hydrogen) atoms. The Morgan fingerprint density at radius 2 is 1.63 bits per heavy atom. The summed E-state index contributed by atoms with van der Waals surface area (Å²) >= 11 is 0. The summed E-state index contributed by atoms with van der Waals surface area (Å²) in [6.07, 6.45) is -6.77. The van der Waals surface area contributed by atoms with Gasteiger partial charge in [0.1, 0.15) is 24.4 Å². The average Bonchev–Trinajstić information content (AvgIpc) is 2.64. The van der Waals surface area contributed by atoms with Crippen LogP contribution in [0.2, 0.25) is 0 Å². The van der Waals surface area contributed by atoms with Gasteiger partial charge in [0.15, 0.2) is 6.29 Å². The number of hydrogen-bond acceptors (Lipinski definition) is 9. The molecular formula is C21H38O9. The number of hydrogen-bond donors (Lipinski definition) is 7. The molecule has 0 aromatic carbocycles. The summed E-state index contributed by atoms with van der Waals surface area (Å²) < 4.78 is 11.7. The largest absolute Gasteiger partial charge is 0.394 e.